The second-order valence-electron chi connectivity index (χ2n) is 4.55. The van der Waals surface area contributed by atoms with Gasteiger partial charge in [-0.1, -0.05) is 18.5 Å². The molecule has 1 aromatic carbocycles. The minimum Gasteiger partial charge on any atom is -0.398 e. The number of carbonyl (C=O) groups is 1. The summed E-state index contributed by atoms with van der Waals surface area (Å²) in [6, 6.07) is 4.84. The summed E-state index contributed by atoms with van der Waals surface area (Å²) < 4.78 is 1.75. The van der Waals surface area contributed by atoms with Gasteiger partial charge in [-0.2, -0.15) is 5.10 Å². The third-order valence-corrected chi connectivity index (χ3v) is 3.36. The Morgan fingerprint density at radius 3 is 2.90 bits per heavy atom. The highest BCUT2D eigenvalue weighted by Crippen LogP contribution is 2.19. The zero-order chi connectivity index (χ0) is 14.7. The van der Waals surface area contributed by atoms with E-state index in [1.807, 2.05) is 20.2 Å². The van der Waals surface area contributed by atoms with Crippen LogP contribution < -0.4 is 11.1 Å². The van der Waals surface area contributed by atoms with E-state index >= 15 is 0 Å². The van der Waals surface area contributed by atoms with Gasteiger partial charge in [0, 0.05) is 30.9 Å². The highest BCUT2D eigenvalue weighted by Gasteiger charge is 2.10. The number of amides is 1. The quantitative estimate of drug-likeness (QED) is 0.848. The maximum Gasteiger partial charge on any atom is 0.251 e. The largest absolute Gasteiger partial charge is 0.398 e. The second kappa shape index (κ2) is 5.96. The lowest BCUT2D eigenvalue weighted by atomic mass is 10.1. The van der Waals surface area contributed by atoms with Crippen molar-refractivity contribution in [2.45, 2.75) is 19.9 Å². The fraction of sp³-hybridized carbons (Fsp3) is 0.286. The van der Waals surface area contributed by atoms with Gasteiger partial charge in [0.2, 0.25) is 0 Å². The summed E-state index contributed by atoms with van der Waals surface area (Å²) in [5, 5.41) is 7.57. The minimum atomic E-state index is -0.183. The molecule has 0 radical (unpaired) electrons. The molecule has 1 heterocycles. The number of aromatic nitrogens is 2. The first-order valence-corrected chi connectivity index (χ1v) is 6.73. The topological polar surface area (TPSA) is 72.9 Å². The van der Waals surface area contributed by atoms with Gasteiger partial charge in [-0.25, -0.2) is 0 Å². The third kappa shape index (κ3) is 3.11. The number of rotatable bonds is 4. The van der Waals surface area contributed by atoms with Crippen molar-refractivity contribution in [3.63, 3.8) is 0 Å². The molecule has 2 rings (SSSR count). The van der Waals surface area contributed by atoms with Crippen LogP contribution in [0.5, 0.6) is 0 Å². The van der Waals surface area contributed by atoms with Gasteiger partial charge in [0.15, 0.2) is 0 Å². The summed E-state index contributed by atoms with van der Waals surface area (Å²) in [7, 11) is 1.87. The number of anilines is 1. The molecule has 0 atom stereocenters. The molecule has 106 valence electrons. The molecule has 5 nitrogen and oxygen atoms in total. The molecular weight excluding hydrogens is 276 g/mol. The Hall–Kier alpha value is -2.01. The average Bonchev–Trinajstić information content (AvgIpc) is 2.79. The van der Waals surface area contributed by atoms with E-state index in [9.17, 15) is 4.79 Å². The normalized spacial score (nSPS) is 10.6. The van der Waals surface area contributed by atoms with Gasteiger partial charge < -0.3 is 11.1 Å². The maximum absolute atomic E-state index is 12.1. The van der Waals surface area contributed by atoms with Crippen LogP contribution in [0.1, 0.15) is 28.5 Å². The van der Waals surface area contributed by atoms with Gasteiger partial charge in [0.1, 0.15) is 0 Å². The molecule has 0 unspecified atom stereocenters. The van der Waals surface area contributed by atoms with Gasteiger partial charge in [0.05, 0.1) is 16.4 Å². The van der Waals surface area contributed by atoms with Crippen LogP contribution in [0.25, 0.3) is 0 Å². The van der Waals surface area contributed by atoms with E-state index in [0.717, 1.165) is 17.7 Å². The SMILES string of the molecule is CCc1nn(C)cc1CNC(=O)c1ccc(N)c(Cl)c1. The fourth-order valence-electron chi connectivity index (χ4n) is 1.97. The predicted molar refractivity (Wildman–Crippen MR) is 79.6 cm³/mol. The van der Waals surface area contributed by atoms with Crippen LogP contribution in [0, 0.1) is 0 Å². The van der Waals surface area contributed by atoms with E-state index in [2.05, 4.69) is 10.4 Å². The molecular formula is C14H17ClN4O. The number of nitrogens with two attached hydrogens (primary N) is 1. The molecule has 20 heavy (non-hydrogen) atoms. The molecule has 0 bridgehead atoms. The number of nitrogen functional groups attached to an aromatic ring is 1. The molecule has 6 heteroatoms. The van der Waals surface area contributed by atoms with Crippen molar-refractivity contribution in [1.82, 2.24) is 15.1 Å². The molecule has 0 fully saturated rings. The number of halogens is 1. The summed E-state index contributed by atoms with van der Waals surface area (Å²) in [5.74, 6) is -0.183. The van der Waals surface area contributed by atoms with E-state index in [0.29, 0.717) is 22.8 Å². The third-order valence-electron chi connectivity index (χ3n) is 3.03. The lowest BCUT2D eigenvalue weighted by molar-refractivity contribution is 0.0951. The molecule has 0 saturated heterocycles. The molecule has 2 aromatic rings. The lowest BCUT2D eigenvalue weighted by Crippen LogP contribution is -2.23. The van der Waals surface area contributed by atoms with Crippen LogP contribution >= 0.6 is 11.6 Å². The van der Waals surface area contributed by atoms with Gasteiger partial charge in [-0.15, -0.1) is 0 Å². The lowest BCUT2D eigenvalue weighted by Gasteiger charge is -2.06. The molecule has 3 N–H and O–H groups in total. The zero-order valence-electron chi connectivity index (χ0n) is 11.5. The Kier molecular flexibility index (Phi) is 4.29. The number of carbonyl (C=O) groups excluding carboxylic acids is 1. The first-order valence-electron chi connectivity index (χ1n) is 6.36. The monoisotopic (exact) mass is 292 g/mol. The van der Waals surface area contributed by atoms with E-state index in [4.69, 9.17) is 17.3 Å². The summed E-state index contributed by atoms with van der Waals surface area (Å²) in [4.78, 5) is 12.1. The van der Waals surface area contributed by atoms with Crippen LogP contribution in [0.2, 0.25) is 5.02 Å². The Balaban J connectivity index is 2.06. The highest BCUT2D eigenvalue weighted by molar-refractivity contribution is 6.33. The van der Waals surface area contributed by atoms with Crippen molar-refractivity contribution in [1.29, 1.82) is 0 Å². The molecule has 0 aliphatic carbocycles. The van der Waals surface area contributed by atoms with E-state index in [1.54, 1.807) is 22.9 Å². The van der Waals surface area contributed by atoms with E-state index < -0.39 is 0 Å². The maximum atomic E-state index is 12.1. The first-order chi connectivity index (χ1) is 9.51. The summed E-state index contributed by atoms with van der Waals surface area (Å²) in [6.07, 6.45) is 2.74. The average molecular weight is 293 g/mol. The zero-order valence-corrected chi connectivity index (χ0v) is 12.2. The van der Waals surface area contributed by atoms with Crippen LogP contribution in [-0.2, 0) is 20.0 Å². The van der Waals surface area contributed by atoms with Crippen LogP contribution in [0.3, 0.4) is 0 Å². The van der Waals surface area contributed by atoms with E-state index in [1.165, 1.54) is 0 Å². The number of nitrogens with one attached hydrogen (secondary N) is 1. The number of hydrogen-bond acceptors (Lipinski definition) is 3. The van der Waals surface area contributed by atoms with Crippen LogP contribution in [-0.4, -0.2) is 15.7 Å². The van der Waals surface area contributed by atoms with Crippen molar-refractivity contribution in [3.05, 3.63) is 46.2 Å². The highest BCUT2D eigenvalue weighted by atomic mass is 35.5. The molecule has 1 amide bonds. The standard InChI is InChI=1S/C14H17ClN4O/c1-3-13-10(8-19(2)18-13)7-17-14(20)9-4-5-12(16)11(15)6-9/h4-6,8H,3,7,16H2,1-2H3,(H,17,20). The van der Waals surface area contributed by atoms with Crippen molar-refractivity contribution in [2.75, 3.05) is 5.73 Å². The van der Waals surface area contributed by atoms with Gasteiger partial charge >= 0.3 is 0 Å². The van der Waals surface area contributed by atoms with Crippen molar-refractivity contribution < 1.29 is 4.79 Å². The number of aryl methyl sites for hydroxylation is 2. The molecule has 0 aliphatic heterocycles. The van der Waals surface area contributed by atoms with Crippen LogP contribution in [0.4, 0.5) is 5.69 Å². The number of nitrogens with zero attached hydrogens (tertiary/aromatic N) is 2. The smallest absolute Gasteiger partial charge is 0.251 e. The minimum absolute atomic E-state index is 0.183. The van der Waals surface area contributed by atoms with Crippen molar-refractivity contribution >= 4 is 23.2 Å². The molecule has 0 spiro atoms. The van der Waals surface area contributed by atoms with Crippen molar-refractivity contribution in [3.8, 4) is 0 Å². The van der Waals surface area contributed by atoms with Crippen molar-refractivity contribution in [2.24, 2.45) is 7.05 Å². The Bertz CT molecular complexity index is 636. The van der Waals surface area contributed by atoms with Gasteiger partial charge in [0.25, 0.3) is 5.91 Å². The van der Waals surface area contributed by atoms with Crippen LogP contribution in [0.15, 0.2) is 24.4 Å². The Morgan fingerprint density at radius 2 is 2.25 bits per heavy atom. The molecule has 1 aromatic heterocycles. The Morgan fingerprint density at radius 1 is 1.50 bits per heavy atom. The molecule has 0 aliphatic rings. The number of hydrogen-bond donors (Lipinski definition) is 2. The van der Waals surface area contributed by atoms with Gasteiger partial charge in [-0.05, 0) is 24.6 Å². The van der Waals surface area contributed by atoms with Gasteiger partial charge in [-0.3, -0.25) is 9.48 Å². The Labute approximate surface area is 122 Å². The second-order valence-corrected chi connectivity index (χ2v) is 4.95. The molecule has 0 saturated carbocycles. The first kappa shape index (κ1) is 14.4. The predicted octanol–water partition coefficient (Wildman–Crippen LogP) is 2.15. The summed E-state index contributed by atoms with van der Waals surface area (Å²) in [6.45, 7) is 2.48. The summed E-state index contributed by atoms with van der Waals surface area (Å²) in [5.41, 5.74) is 8.58. The number of benzene rings is 1. The fourth-order valence-corrected chi connectivity index (χ4v) is 2.16. The summed E-state index contributed by atoms with van der Waals surface area (Å²) >= 11 is 5.91. The van der Waals surface area contributed by atoms with E-state index in [-0.39, 0.29) is 5.91 Å².